The van der Waals surface area contributed by atoms with Crippen LogP contribution in [-0.4, -0.2) is 44.3 Å². The molecule has 2 fully saturated rings. The second kappa shape index (κ2) is 6.24. The van der Waals surface area contributed by atoms with Crippen molar-refractivity contribution < 1.29 is 9.47 Å². The lowest BCUT2D eigenvalue weighted by Crippen LogP contribution is -2.55. The van der Waals surface area contributed by atoms with E-state index >= 15 is 0 Å². The number of ether oxygens (including phenoxy) is 2. The van der Waals surface area contributed by atoms with Crippen LogP contribution in [0.15, 0.2) is 18.2 Å². The number of nitrogens with one attached hydrogen (secondary N) is 1. The van der Waals surface area contributed by atoms with E-state index in [1.807, 2.05) is 6.07 Å². The van der Waals surface area contributed by atoms with Crippen molar-refractivity contribution >= 4 is 0 Å². The molecule has 1 saturated carbocycles. The second-order valence-corrected chi connectivity index (χ2v) is 6.32. The molecule has 1 aromatic carbocycles. The zero-order valence-corrected chi connectivity index (χ0v) is 13.3. The minimum atomic E-state index is 0.577. The van der Waals surface area contributed by atoms with Gasteiger partial charge in [-0.2, -0.15) is 0 Å². The summed E-state index contributed by atoms with van der Waals surface area (Å²) in [5, 5.41) is 3.70. The molecule has 2 unspecified atom stereocenters. The molecule has 0 amide bonds. The highest BCUT2D eigenvalue weighted by atomic mass is 16.5. The van der Waals surface area contributed by atoms with Crippen LogP contribution in [0.25, 0.3) is 0 Å². The summed E-state index contributed by atoms with van der Waals surface area (Å²) in [4.78, 5) is 2.58. The number of nitrogens with zero attached hydrogens (tertiary/aromatic N) is 1. The van der Waals surface area contributed by atoms with E-state index in [-0.39, 0.29) is 0 Å². The lowest BCUT2D eigenvalue weighted by Gasteiger charge is -2.39. The quantitative estimate of drug-likeness (QED) is 0.902. The first-order chi connectivity index (χ1) is 10.2. The van der Waals surface area contributed by atoms with Crippen LogP contribution in [0.5, 0.6) is 11.5 Å². The summed E-state index contributed by atoms with van der Waals surface area (Å²) >= 11 is 0. The largest absolute Gasteiger partial charge is 0.493 e. The van der Waals surface area contributed by atoms with Crippen LogP contribution in [0.3, 0.4) is 0 Å². The van der Waals surface area contributed by atoms with Crippen LogP contribution in [0.1, 0.15) is 25.3 Å². The molecule has 0 radical (unpaired) electrons. The van der Waals surface area contributed by atoms with Crippen molar-refractivity contribution in [3.63, 3.8) is 0 Å². The first kappa shape index (κ1) is 14.7. The van der Waals surface area contributed by atoms with E-state index in [0.717, 1.165) is 37.1 Å². The van der Waals surface area contributed by atoms with E-state index < -0.39 is 0 Å². The molecule has 0 spiro atoms. The van der Waals surface area contributed by atoms with Gasteiger partial charge in [0.25, 0.3) is 0 Å². The van der Waals surface area contributed by atoms with Crippen LogP contribution in [-0.2, 0) is 6.54 Å². The molecule has 1 aliphatic carbocycles. The van der Waals surface area contributed by atoms with Gasteiger partial charge in [0.05, 0.1) is 14.2 Å². The Kier molecular flexibility index (Phi) is 4.36. The van der Waals surface area contributed by atoms with Gasteiger partial charge in [-0.25, -0.2) is 0 Å². The van der Waals surface area contributed by atoms with Crippen molar-refractivity contribution in [2.24, 2.45) is 5.92 Å². The molecule has 1 N–H and O–H groups in total. The average molecular weight is 290 g/mol. The van der Waals surface area contributed by atoms with Crippen molar-refractivity contribution in [1.82, 2.24) is 10.2 Å². The summed E-state index contributed by atoms with van der Waals surface area (Å²) < 4.78 is 10.7. The molecule has 1 heterocycles. The van der Waals surface area contributed by atoms with Crippen molar-refractivity contribution in [1.29, 1.82) is 0 Å². The Hall–Kier alpha value is -1.26. The Morgan fingerprint density at radius 2 is 1.95 bits per heavy atom. The van der Waals surface area contributed by atoms with Gasteiger partial charge in [-0.3, -0.25) is 4.90 Å². The molecular formula is C17H26N2O2. The number of hydrogen-bond acceptors (Lipinski definition) is 4. The molecule has 4 nitrogen and oxygen atoms in total. The van der Waals surface area contributed by atoms with Gasteiger partial charge in [-0.15, -0.1) is 0 Å². The molecular weight excluding hydrogens is 264 g/mol. The minimum absolute atomic E-state index is 0.577. The lowest BCUT2D eigenvalue weighted by molar-refractivity contribution is 0.125. The third kappa shape index (κ3) is 3.33. The third-order valence-corrected chi connectivity index (χ3v) is 4.75. The third-order valence-electron chi connectivity index (χ3n) is 4.75. The van der Waals surface area contributed by atoms with E-state index in [4.69, 9.17) is 9.47 Å². The van der Waals surface area contributed by atoms with E-state index in [0.29, 0.717) is 12.1 Å². The smallest absolute Gasteiger partial charge is 0.161 e. The molecule has 1 aliphatic heterocycles. The fourth-order valence-electron chi connectivity index (χ4n) is 3.20. The summed E-state index contributed by atoms with van der Waals surface area (Å²) in [6, 6.07) is 7.50. The van der Waals surface area contributed by atoms with Gasteiger partial charge in [0.2, 0.25) is 0 Å². The molecule has 1 aromatic rings. The van der Waals surface area contributed by atoms with Crippen LogP contribution < -0.4 is 14.8 Å². The molecule has 3 rings (SSSR count). The Balaban J connectivity index is 1.69. The summed E-state index contributed by atoms with van der Waals surface area (Å²) in [5.74, 6) is 2.52. The monoisotopic (exact) mass is 290 g/mol. The fourth-order valence-corrected chi connectivity index (χ4v) is 3.20. The van der Waals surface area contributed by atoms with Gasteiger partial charge in [0.15, 0.2) is 11.5 Å². The molecule has 4 heteroatoms. The second-order valence-electron chi connectivity index (χ2n) is 6.32. The Morgan fingerprint density at radius 1 is 1.19 bits per heavy atom. The predicted molar refractivity (Wildman–Crippen MR) is 83.9 cm³/mol. The lowest BCUT2D eigenvalue weighted by atomic mass is 10.0. The number of rotatable bonds is 5. The standard InChI is InChI=1S/C17H26N2O2/c1-12-9-18-15(14-5-6-14)11-19(12)10-13-4-7-16(20-2)17(8-13)21-3/h4,7-8,12,14-15,18H,5-6,9-11H2,1-3H3. The molecule has 21 heavy (non-hydrogen) atoms. The number of piperazine rings is 1. The fraction of sp³-hybridized carbons (Fsp3) is 0.647. The highest BCUT2D eigenvalue weighted by Gasteiger charge is 2.35. The molecule has 2 aliphatic rings. The van der Waals surface area contributed by atoms with Crippen molar-refractivity contribution in [3.8, 4) is 11.5 Å². The van der Waals surface area contributed by atoms with Gasteiger partial charge in [0.1, 0.15) is 0 Å². The Morgan fingerprint density at radius 3 is 2.62 bits per heavy atom. The summed E-state index contributed by atoms with van der Waals surface area (Å²) in [7, 11) is 3.37. The first-order valence-electron chi connectivity index (χ1n) is 7.89. The zero-order chi connectivity index (χ0) is 14.8. The summed E-state index contributed by atoms with van der Waals surface area (Å²) in [5.41, 5.74) is 1.29. The Bertz CT molecular complexity index is 488. The van der Waals surface area contributed by atoms with Gasteiger partial charge in [-0.1, -0.05) is 6.07 Å². The molecule has 0 bridgehead atoms. The zero-order valence-electron chi connectivity index (χ0n) is 13.3. The highest BCUT2D eigenvalue weighted by Crippen LogP contribution is 2.35. The number of methoxy groups -OCH3 is 2. The molecule has 0 aromatic heterocycles. The maximum atomic E-state index is 5.41. The van der Waals surface area contributed by atoms with Crippen molar-refractivity contribution in [3.05, 3.63) is 23.8 Å². The number of benzene rings is 1. The van der Waals surface area contributed by atoms with Crippen LogP contribution in [0.2, 0.25) is 0 Å². The predicted octanol–water partition coefficient (Wildman–Crippen LogP) is 2.28. The maximum absolute atomic E-state index is 5.41. The van der Waals surface area contributed by atoms with Crippen LogP contribution >= 0.6 is 0 Å². The van der Waals surface area contributed by atoms with E-state index in [2.05, 4.69) is 29.3 Å². The van der Waals surface area contributed by atoms with E-state index in [9.17, 15) is 0 Å². The summed E-state index contributed by atoms with van der Waals surface area (Å²) in [6.45, 7) is 5.53. The first-order valence-corrected chi connectivity index (χ1v) is 7.89. The highest BCUT2D eigenvalue weighted by molar-refractivity contribution is 5.42. The van der Waals surface area contributed by atoms with Crippen LogP contribution in [0, 0.1) is 5.92 Å². The van der Waals surface area contributed by atoms with E-state index in [1.165, 1.54) is 18.4 Å². The minimum Gasteiger partial charge on any atom is -0.493 e. The Labute approximate surface area is 127 Å². The van der Waals surface area contributed by atoms with Crippen LogP contribution in [0.4, 0.5) is 0 Å². The van der Waals surface area contributed by atoms with Gasteiger partial charge >= 0.3 is 0 Å². The molecule has 2 atom stereocenters. The number of hydrogen-bond donors (Lipinski definition) is 1. The molecule has 1 saturated heterocycles. The van der Waals surface area contributed by atoms with Gasteiger partial charge < -0.3 is 14.8 Å². The van der Waals surface area contributed by atoms with Gasteiger partial charge in [-0.05, 0) is 43.4 Å². The normalized spacial score (nSPS) is 26.6. The van der Waals surface area contributed by atoms with Crippen molar-refractivity contribution in [2.75, 3.05) is 27.3 Å². The topological polar surface area (TPSA) is 33.7 Å². The van der Waals surface area contributed by atoms with Gasteiger partial charge in [0, 0.05) is 31.7 Å². The average Bonchev–Trinajstić information content (AvgIpc) is 3.34. The molecule has 116 valence electrons. The van der Waals surface area contributed by atoms with E-state index in [1.54, 1.807) is 14.2 Å². The SMILES string of the molecule is COc1ccc(CN2CC(C3CC3)NCC2C)cc1OC. The maximum Gasteiger partial charge on any atom is 0.161 e. The summed E-state index contributed by atoms with van der Waals surface area (Å²) in [6.07, 6.45) is 2.80. The van der Waals surface area contributed by atoms with Crippen molar-refractivity contribution in [2.45, 2.75) is 38.4 Å².